The molecule has 2 aromatic rings. The first kappa shape index (κ1) is 21.4. The molecule has 3 amide bonds. The normalized spacial score (nSPS) is 13.4. The third-order valence-electron chi connectivity index (χ3n) is 4.50. The summed E-state index contributed by atoms with van der Waals surface area (Å²) in [6.45, 7) is 0.535. The van der Waals surface area contributed by atoms with Crippen molar-refractivity contribution in [3.8, 4) is 5.75 Å². The van der Waals surface area contributed by atoms with E-state index in [9.17, 15) is 29.3 Å². The highest BCUT2D eigenvalue weighted by molar-refractivity contribution is 6.24. The van der Waals surface area contributed by atoms with Crippen LogP contribution in [0.5, 0.6) is 5.75 Å². The molecule has 1 unspecified atom stereocenters. The van der Waals surface area contributed by atoms with Crippen LogP contribution in [0.3, 0.4) is 0 Å². The Hall–Kier alpha value is -4.28. The van der Waals surface area contributed by atoms with Crippen LogP contribution in [-0.4, -0.2) is 53.3 Å². The number of carbonyl (C=O) groups excluding carboxylic acids is 4. The lowest BCUT2D eigenvalue weighted by Gasteiger charge is -2.16. The average molecular weight is 427 g/mol. The molecule has 1 atom stereocenters. The van der Waals surface area contributed by atoms with Crippen LogP contribution in [0.25, 0.3) is 0 Å². The molecule has 0 fully saturated rings. The van der Waals surface area contributed by atoms with E-state index in [0.717, 1.165) is 6.07 Å². The number of hydrogen-bond acceptors (Lipinski definition) is 8. The van der Waals surface area contributed by atoms with Gasteiger partial charge in [-0.1, -0.05) is 6.07 Å². The third kappa shape index (κ3) is 4.34. The molecule has 0 aromatic heterocycles. The summed E-state index contributed by atoms with van der Waals surface area (Å²) in [5.74, 6) is -2.87. The first-order valence-electron chi connectivity index (χ1n) is 9.01. The van der Waals surface area contributed by atoms with Gasteiger partial charge in [-0.3, -0.25) is 34.2 Å². The van der Waals surface area contributed by atoms with Gasteiger partial charge in [-0.05, 0) is 37.3 Å². The maximum Gasteiger partial charge on any atom is 0.326 e. The van der Waals surface area contributed by atoms with Crippen molar-refractivity contribution >= 4 is 35.1 Å². The molecule has 31 heavy (non-hydrogen) atoms. The Bertz CT molecular complexity index is 1080. The second-order valence-electron chi connectivity index (χ2n) is 6.50. The summed E-state index contributed by atoms with van der Waals surface area (Å²) in [5.41, 5.74) is -0.631. The predicted molar refractivity (Wildman–Crippen MR) is 106 cm³/mol. The van der Waals surface area contributed by atoms with Gasteiger partial charge in [0, 0.05) is 11.8 Å². The molecule has 0 bridgehead atoms. The zero-order valence-corrected chi connectivity index (χ0v) is 16.5. The molecule has 1 heterocycles. The summed E-state index contributed by atoms with van der Waals surface area (Å²) in [5, 5.41) is 13.7. The smallest absolute Gasteiger partial charge is 0.326 e. The zero-order valence-electron chi connectivity index (χ0n) is 16.5. The molecule has 1 aliphatic heterocycles. The number of carbonyl (C=O) groups is 4. The Morgan fingerprint density at radius 3 is 2.42 bits per heavy atom. The Morgan fingerprint density at radius 2 is 1.81 bits per heavy atom. The van der Waals surface area contributed by atoms with Crippen LogP contribution in [0.4, 0.5) is 11.4 Å². The number of nitrogens with zero attached hydrogens (tertiary/aromatic N) is 2. The molecule has 0 aliphatic carbocycles. The van der Waals surface area contributed by atoms with Gasteiger partial charge in [-0.15, -0.1) is 0 Å². The van der Waals surface area contributed by atoms with Crippen LogP contribution in [0, 0.1) is 10.1 Å². The summed E-state index contributed by atoms with van der Waals surface area (Å²) >= 11 is 0. The fourth-order valence-corrected chi connectivity index (χ4v) is 2.95. The number of benzene rings is 2. The Balaban J connectivity index is 1.63. The van der Waals surface area contributed by atoms with E-state index in [-0.39, 0.29) is 11.1 Å². The first-order chi connectivity index (χ1) is 14.7. The minimum absolute atomic E-state index is 0.169. The van der Waals surface area contributed by atoms with Gasteiger partial charge in [0.1, 0.15) is 17.9 Å². The number of fused-ring (bicyclic) bond motifs is 1. The molecule has 0 spiro atoms. The number of imide groups is 1. The molecule has 1 N–H and O–H groups in total. The number of hydrogen-bond donors (Lipinski definition) is 1. The van der Waals surface area contributed by atoms with Crippen molar-refractivity contribution in [1.82, 2.24) is 4.90 Å². The minimum atomic E-state index is -1.22. The standard InChI is InChI=1S/C20H17N3O8/c1-11(18(25)21-12-6-8-13(30-2)9-7-12)31-16(24)10-22-19(26)14-4-3-5-15(23(28)29)17(14)20(22)27/h3-9,11H,10H2,1-2H3,(H,21,25). The van der Waals surface area contributed by atoms with E-state index in [1.807, 2.05) is 0 Å². The summed E-state index contributed by atoms with van der Waals surface area (Å²) in [7, 11) is 1.50. The van der Waals surface area contributed by atoms with E-state index in [1.54, 1.807) is 24.3 Å². The van der Waals surface area contributed by atoms with Gasteiger partial charge in [0.25, 0.3) is 23.4 Å². The highest BCUT2D eigenvalue weighted by atomic mass is 16.6. The predicted octanol–water partition coefficient (Wildman–Crippen LogP) is 1.77. The highest BCUT2D eigenvalue weighted by Gasteiger charge is 2.42. The van der Waals surface area contributed by atoms with E-state index in [0.29, 0.717) is 16.3 Å². The van der Waals surface area contributed by atoms with Crippen LogP contribution in [0.1, 0.15) is 27.6 Å². The van der Waals surface area contributed by atoms with Gasteiger partial charge >= 0.3 is 5.97 Å². The number of nitro benzene ring substituents is 1. The number of nitrogens with one attached hydrogen (secondary N) is 1. The monoisotopic (exact) mass is 427 g/mol. The van der Waals surface area contributed by atoms with Crippen molar-refractivity contribution in [2.45, 2.75) is 13.0 Å². The number of nitro groups is 1. The molecule has 0 saturated heterocycles. The van der Waals surface area contributed by atoms with Gasteiger partial charge < -0.3 is 14.8 Å². The summed E-state index contributed by atoms with van der Waals surface area (Å²) in [6.07, 6.45) is -1.22. The second kappa shape index (κ2) is 8.61. The van der Waals surface area contributed by atoms with Crippen molar-refractivity contribution in [3.63, 3.8) is 0 Å². The Morgan fingerprint density at radius 1 is 1.13 bits per heavy atom. The fourth-order valence-electron chi connectivity index (χ4n) is 2.95. The van der Waals surface area contributed by atoms with Crippen LogP contribution < -0.4 is 10.1 Å². The van der Waals surface area contributed by atoms with Gasteiger partial charge in [-0.25, -0.2) is 0 Å². The quantitative estimate of drug-likeness (QED) is 0.305. The van der Waals surface area contributed by atoms with E-state index in [2.05, 4.69) is 5.32 Å². The molecular weight excluding hydrogens is 410 g/mol. The minimum Gasteiger partial charge on any atom is -0.497 e. The maximum absolute atomic E-state index is 12.5. The van der Waals surface area contributed by atoms with E-state index in [4.69, 9.17) is 9.47 Å². The molecule has 160 valence electrons. The van der Waals surface area contributed by atoms with Gasteiger partial charge in [-0.2, -0.15) is 0 Å². The molecule has 3 rings (SSSR count). The molecule has 2 aromatic carbocycles. The van der Waals surface area contributed by atoms with E-state index >= 15 is 0 Å². The van der Waals surface area contributed by atoms with Crippen LogP contribution >= 0.6 is 0 Å². The summed E-state index contributed by atoms with van der Waals surface area (Å²) in [4.78, 5) is 60.2. The Labute approximate surface area is 175 Å². The van der Waals surface area contributed by atoms with E-state index in [1.165, 1.54) is 26.2 Å². The largest absolute Gasteiger partial charge is 0.497 e. The molecule has 11 nitrogen and oxygen atoms in total. The van der Waals surface area contributed by atoms with E-state index < -0.39 is 47.0 Å². The van der Waals surface area contributed by atoms with Crippen LogP contribution in [-0.2, 0) is 14.3 Å². The lowest BCUT2D eigenvalue weighted by molar-refractivity contribution is -0.385. The number of rotatable bonds is 7. The number of esters is 1. The first-order valence-corrected chi connectivity index (χ1v) is 9.01. The summed E-state index contributed by atoms with van der Waals surface area (Å²) in [6, 6.07) is 10.1. The van der Waals surface area contributed by atoms with Crippen LogP contribution in [0.2, 0.25) is 0 Å². The van der Waals surface area contributed by atoms with Crippen LogP contribution in [0.15, 0.2) is 42.5 Å². The van der Waals surface area contributed by atoms with Crippen molar-refractivity contribution in [1.29, 1.82) is 0 Å². The molecule has 0 radical (unpaired) electrons. The number of ether oxygens (including phenoxy) is 2. The van der Waals surface area contributed by atoms with Crippen molar-refractivity contribution in [2.75, 3.05) is 19.0 Å². The van der Waals surface area contributed by atoms with Gasteiger partial charge in [0.05, 0.1) is 17.6 Å². The third-order valence-corrected chi connectivity index (χ3v) is 4.50. The topological polar surface area (TPSA) is 145 Å². The average Bonchev–Trinajstić information content (AvgIpc) is 2.99. The maximum atomic E-state index is 12.5. The molecule has 11 heteroatoms. The molecular formula is C20H17N3O8. The van der Waals surface area contributed by atoms with Crippen molar-refractivity contribution < 1.29 is 33.6 Å². The lowest BCUT2D eigenvalue weighted by Crippen LogP contribution is -2.38. The van der Waals surface area contributed by atoms with Crippen molar-refractivity contribution in [2.24, 2.45) is 0 Å². The van der Waals surface area contributed by atoms with Gasteiger partial charge in [0.2, 0.25) is 0 Å². The Kier molecular flexibility index (Phi) is 5.95. The zero-order chi connectivity index (χ0) is 22.7. The molecule has 1 aliphatic rings. The highest BCUT2D eigenvalue weighted by Crippen LogP contribution is 2.30. The number of amides is 3. The van der Waals surface area contributed by atoms with Gasteiger partial charge in [0.15, 0.2) is 6.10 Å². The SMILES string of the molecule is COc1ccc(NC(=O)C(C)OC(=O)CN2C(=O)c3cccc([N+](=O)[O-])c3C2=O)cc1. The second-order valence-corrected chi connectivity index (χ2v) is 6.50. The number of anilines is 1. The lowest BCUT2D eigenvalue weighted by atomic mass is 10.1. The number of methoxy groups -OCH3 is 1. The molecule has 0 saturated carbocycles. The van der Waals surface area contributed by atoms with Crippen molar-refractivity contribution in [3.05, 3.63) is 63.7 Å². The fraction of sp³-hybridized carbons (Fsp3) is 0.200. The summed E-state index contributed by atoms with van der Waals surface area (Å²) < 4.78 is 10.0.